The van der Waals surface area contributed by atoms with Crippen molar-refractivity contribution in [1.82, 2.24) is 5.32 Å². The monoisotopic (exact) mass is 408 g/mol. The van der Waals surface area contributed by atoms with E-state index in [4.69, 9.17) is 21.1 Å². The summed E-state index contributed by atoms with van der Waals surface area (Å²) < 4.78 is 11.7. The highest BCUT2D eigenvalue weighted by Gasteiger charge is 2.25. The van der Waals surface area contributed by atoms with Gasteiger partial charge in [0.15, 0.2) is 11.5 Å². The van der Waals surface area contributed by atoms with Gasteiger partial charge in [0.1, 0.15) is 12.8 Å². The number of ether oxygens (including phenoxy) is 2. The van der Waals surface area contributed by atoms with E-state index in [9.17, 15) is 4.79 Å². The van der Waals surface area contributed by atoms with Gasteiger partial charge in [-0.3, -0.25) is 4.79 Å². The van der Waals surface area contributed by atoms with Crippen LogP contribution in [0.25, 0.3) is 0 Å². The Hall–Kier alpha value is -3.18. The topological polar surface area (TPSA) is 59.6 Å². The second kappa shape index (κ2) is 8.45. The minimum absolute atomic E-state index is 0.106. The lowest BCUT2D eigenvalue weighted by molar-refractivity contribution is 0.0935. The number of amides is 1. The third-order valence-corrected chi connectivity index (χ3v) is 4.91. The van der Waals surface area contributed by atoms with Gasteiger partial charge in [0.2, 0.25) is 0 Å². The molecule has 0 saturated carbocycles. The van der Waals surface area contributed by atoms with Crippen molar-refractivity contribution in [3.63, 3.8) is 0 Å². The van der Waals surface area contributed by atoms with E-state index in [1.165, 1.54) is 0 Å². The Morgan fingerprint density at radius 2 is 1.72 bits per heavy atom. The molecular formula is C23H21ClN2O3. The summed E-state index contributed by atoms with van der Waals surface area (Å²) in [5.74, 6) is 1.17. The molecule has 0 aromatic heterocycles. The molecule has 1 amide bonds. The van der Waals surface area contributed by atoms with Gasteiger partial charge in [0.05, 0.1) is 12.2 Å². The lowest BCUT2D eigenvalue weighted by atomic mass is 10.1. The van der Waals surface area contributed by atoms with Gasteiger partial charge < -0.3 is 20.1 Å². The van der Waals surface area contributed by atoms with Crippen molar-refractivity contribution in [3.05, 3.63) is 88.4 Å². The molecular weight excluding hydrogens is 388 g/mol. The fraction of sp³-hybridized carbons (Fsp3) is 0.174. The second-order valence-electron chi connectivity index (χ2n) is 6.65. The first-order valence-corrected chi connectivity index (χ1v) is 9.82. The van der Waals surface area contributed by atoms with Crippen LogP contribution in [0.2, 0.25) is 5.02 Å². The number of rotatable bonds is 6. The Balaban J connectivity index is 1.54. The molecule has 6 heteroatoms. The number of carbonyl (C=O) groups excluding carboxylic acids is 1. The highest BCUT2D eigenvalue weighted by atomic mass is 35.5. The minimum Gasteiger partial charge on any atom is -0.490 e. The van der Waals surface area contributed by atoms with Crippen LogP contribution in [0.15, 0.2) is 66.7 Å². The molecule has 2 N–H and O–H groups in total. The third-order valence-electron chi connectivity index (χ3n) is 4.66. The average Bonchev–Trinajstić information content (AvgIpc) is 2.74. The first-order chi connectivity index (χ1) is 14.1. The molecule has 148 valence electrons. The van der Waals surface area contributed by atoms with Crippen LogP contribution in [-0.2, 0) is 6.61 Å². The number of carbonyl (C=O) groups is 1. The third kappa shape index (κ3) is 4.30. The zero-order valence-corrected chi connectivity index (χ0v) is 16.7. The molecule has 4 rings (SSSR count). The van der Waals surface area contributed by atoms with Gasteiger partial charge in [-0.25, -0.2) is 0 Å². The summed E-state index contributed by atoms with van der Waals surface area (Å²) in [6.45, 7) is 2.84. The van der Waals surface area contributed by atoms with Crippen LogP contribution in [-0.4, -0.2) is 12.5 Å². The zero-order chi connectivity index (χ0) is 20.2. The van der Waals surface area contributed by atoms with E-state index in [0.717, 1.165) is 16.8 Å². The summed E-state index contributed by atoms with van der Waals surface area (Å²) in [7, 11) is 0. The van der Waals surface area contributed by atoms with Crippen LogP contribution in [0.3, 0.4) is 0 Å². The smallest absolute Gasteiger partial charge is 0.255 e. The molecule has 0 unspecified atom stereocenters. The number of anilines is 1. The molecule has 0 radical (unpaired) electrons. The first kappa shape index (κ1) is 19.2. The van der Waals surface area contributed by atoms with E-state index in [2.05, 4.69) is 10.6 Å². The van der Waals surface area contributed by atoms with E-state index in [1.54, 1.807) is 6.07 Å². The van der Waals surface area contributed by atoms with Crippen LogP contribution in [0.4, 0.5) is 5.69 Å². The second-order valence-corrected chi connectivity index (χ2v) is 7.09. The number of fused-ring (bicyclic) bond motifs is 1. The van der Waals surface area contributed by atoms with Gasteiger partial charge in [-0.1, -0.05) is 41.9 Å². The number of para-hydroxylation sites is 1. The molecule has 1 aliphatic rings. The van der Waals surface area contributed by atoms with Gasteiger partial charge in [0.25, 0.3) is 5.91 Å². The maximum atomic E-state index is 12.4. The molecule has 1 atom stereocenters. The molecule has 0 fully saturated rings. The quantitative estimate of drug-likeness (QED) is 0.590. The predicted molar refractivity (Wildman–Crippen MR) is 114 cm³/mol. The molecule has 0 bridgehead atoms. The summed E-state index contributed by atoms with van der Waals surface area (Å²) in [6.07, 6.45) is -0.345. The van der Waals surface area contributed by atoms with Gasteiger partial charge in [-0.15, -0.1) is 0 Å². The molecule has 1 aliphatic heterocycles. The summed E-state index contributed by atoms with van der Waals surface area (Å²) >= 11 is 5.93. The standard InChI is InChI=1S/C23H21ClN2O3/c1-2-28-21-13-16(22-25-19-6-4-3-5-18(19)23(27)26-22)9-12-20(21)29-14-15-7-10-17(24)11-8-15/h3-13,22,25H,2,14H2,1H3,(H,26,27)/t22-/m1/s1. The molecule has 0 spiro atoms. The van der Waals surface area contributed by atoms with Crippen LogP contribution in [0.1, 0.15) is 34.6 Å². The van der Waals surface area contributed by atoms with Crippen molar-refractivity contribution in [2.24, 2.45) is 0 Å². The Labute approximate surface area is 174 Å². The van der Waals surface area contributed by atoms with Gasteiger partial charge in [-0.2, -0.15) is 0 Å². The summed E-state index contributed by atoms with van der Waals surface area (Å²) in [4.78, 5) is 12.4. The van der Waals surface area contributed by atoms with Crippen LogP contribution in [0, 0.1) is 0 Å². The molecule has 1 heterocycles. The minimum atomic E-state index is -0.345. The predicted octanol–water partition coefficient (Wildman–Crippen LogP) is 5.17. The van der Waals surface area contributed by atoms with E-state index < -0.39 is 0 Å². The summed E-state index contributed by atoms with van der Waals surface area (Å²) in [5.41, 5.74) is 3.34. The number of halogens is 1. The largest absolute Gasteiger partial charge is 0.490 e. The fourth-order valence-corrected chi connectivity index (χ4v) is 3.33. The van der Waals surface area contributed by atoms with E-state index >= 15 is 0 Å². The van der Waals surface area contributed by atoms with Gasteiger partial charge in [0, 0.05) is 10.7 Å². The fourth-order valence-electron chi connectivity index (χ4n) is 3.21. The zero-order valence-electron chi connectivity index (χ0n) is 15.9. The number of hydrogen-bond acceptors (Lipinski definition) is 4. The Bertz CT molecular complexity index is 1020. The summed E-state index contributed by atoms with van der Waals surface area (Å²) in [5, 5.41) is 7.03. The molecule has 5 nitrogen and oxygen atoms in total. The average molecular weight is 409 g/mol. The lowest BCUT2D eigenvalue weighted by Gasteiger charge is -2.28. The van der Waals surface area contributed by atoms with Crippen LogP contribution >= 0.6 is 11.6 Å². The van der Waals surface area contributed by atoms with Crippen molar-refractivity contribution in [2.45, 2.75) is 19.7 Å². The number of nitrogens with one attached hydrogen (secondary N) is 2. The number of benzene rings is 3. The molecule has 29 heavy (non-hydrogen) atoms. The lowest BCUT2D eigenvalue weighted by Crippen LogP contribution is -2.38. The highest BCUT2D eigenvalue weighted by Crippen LogP contribution is 2.33. The Morgan fingerprint density at radius 3 is 2.52 bits per heavy atom. The van der Waals surface area contributed by atoms with Crippen molar-refractivity contribution in [2.75, 3.05) is 11.9 Å². The van der Waals surface area contributed by atoms with Crippen molar-refractivity contribution in [3.8, 4) is 11.5 Å². The summed E-state index contributed by atoms with van der Waals surface area (Å²) in [6, 6.07) is 20.7. The Morgan fingerprint density at radius 1 is 0.931 bits per heavy atom. The molecule has 3 aromatic carbocycles. The normalized spacial score (nSPS) is 15.1. The van der Waals surface area contributed by atoms with Crippen molar-refractivity contribution in [1.29, 1.82) is 0 Å². The molecule has 0 saturated heterocycles. The Kier molecular flexibility index (Phi) is 5.58. The highest BCUT2D eigenvalue weighted by molar-refractivity contribution is 6.30. The van der Waals surface area contributed by atoms with Gasteiger partial charge in [-0.05, 0) is 54.4 Å². The van der Waals surface area contributed by atoms with Crippen molar-refractivity contribution >= 4 is 23.2 Å². The van der Waals surface area contributed by atoms with Crippen LogP contribution in [0.5, 0.6) is 11.5 Å². The van der Waals surface area contributed by atoms with Crippen molar-refractivity contribution < 1.29 is 14.3 Å². The molecule has 0 aliphatic carbocycles. The maximum Gasteiger partial charge on any atom is 0.255 e. The van der Waals surface area contributed by atoms with E-state index in [0.29, 0.717) is 35.3 Å². The van der Waals surface area contributed by atoms with Crippen LogP contribution < -0.4 is 20.1 Å². The first-order valence-electron chi connectivity index (χ1n) is 9.44. The number of hydrogen-bond donors (Lipinski definition) is 2. The molecule has 3 aromatic rings. The van der Waals surface area contributed by atoms with E-state index in [1.807, 2.05) is 67.6 Å². The SMILES string of the molecule is CCOc1cc([C@H]2NC(=O)c3ccccc3N2)ccc1OCc1ccc(Cl)cc1. The van der Waals surface area contributed by atoms with E-state index in [-0.39, 0.29) is 12.1 Å². The maximum absolute atomic E-state index is 12.4. The van der Waals surface area contributed by atoms with Gasteiger partial charge >= 0.3 is 0 Å².